The highest BCUT2D eigenvalue weighted by molar-refractivity contribution is 5.91. The van der Waals surface area contributed by atoms with E-state index in [1.54, 1.807) is 0 Å². The summed E-state index contributed by atoms with van der Waals surface area (Å²) < 4.78 is 6.31. The molecular weight excluding hydrogens is 402 g/mol. The smallest absolute Gasteiger partial charge is 0.138 e. The molecule has 0 bridgehead atoms. The topological polar surface area (TPSA) is 16.4 Å². The summed E-state index contributed by atoms with van der Waals surface area (Å²) in [6, 6.07) is 36.4. The highest BCUT2D eigenvalue weighted by Gasteiger charge is 2.22. The Kier molecular flexibility index (Phi) is 4.84. The van der Waals surface area contributed by atoms with Crippen LogP contribution in [0, 0.1) is 6.92 Å². The molecule has 160 valence electrons. The molecule has 0 saturated heterocycles. The van der Waals surface area contributed by atoms with Crippen molar-refractivity contribution in [1.82, 2.24) is 0 Å². The molecule has 1 aliphatic carbocycles. The van der Waals surface area contributed by atoms with Crippen LogP contribution in [0.4, 0.5) is 17.1 Å². The summed E-state index contributed by atoms with van der Waals surface area (Å²) >= 11 is 0. The van der Waals surface area contributed by atoms with E-state index in [9.17, 15) is 0 Å². The largest absolute Gasteiger partial charge is 0.456 e. The number of anilines is 3. The molecule has 5 aromatic rings. The van der Waals surface area contributed by atoms with E-state index in [-0.39, 0.29) is 0 Å². The van der Waals surface area contributed by atoms with Gasteiger partial charge in [0.15, 0.2) is 0 Å². The van der Waals surface area contributed by atoms with Gasteiger partial charge in [-0.05, 0) is 73.4 Å². The molecule has 0 atom stereocenters. The fourth-order valence-corrected chi connectivity index (χ4v) is 4.85. The zero-order valence-corrected chi connectivity index (χ0v) is 18.7. The van der Waals surface area contributed by atoms with E-state index in [1.807, 2.05) is 6.07 Å². The highest BCUT2D eigenvalue weighted by atomic mass is 16.3. The molecule has 0 amide bonds. The Hall–Kier alpha value is -4.04. The molecule has 6 rings (SSSR count). The lowest BCUT2D eigenvalue weighted by Gasteiger charge is -2.26. The normalized spacial score (nSPS) is 12.9. The summed E-state index contributed by atoms with van der Waals surface area (Å²) in [4.78, 5) is 2.30. The fourth-order valence-electron chi connectivity index (χ4n) is 4.85. The van der Waals surface area contributed by atoms with E-state index >= 15 is 0 Å². The van der Waals surface area contributed by atoms with E-state index in [0.29, 0.717) is 0 Å². The predicted molar refractivity (Wildman–Crippen MR) is 137 cm³/mol. The molecule has 2 heteroatoms. The number of nitrogens with zero attached hydrogens (tertiary/aromatic N) is 1. The molecule has 0 saturated carbocycles. The van der Waals surface area contributed by atoms with Gasteiger partial charge in [0, 0.05) is 33.6 Å². The van der Waals surface area contributed by atoms with E-state index in [4.69, 9.17) is 4.42 Å². The number of fused-ring (bicyclic) bond motifs is 3. The maximum absolute atomic E-state index is 6.31. The lowest BCUT2D eigenvalue weighted by Crippen LogP contribution is -2.10. The molecule has 0 fully saturated rings. The molecule has 2 nitrogen and oxygen atoms in total. The van der Waals surface area contributed by atoms with Gasteiger partial charge in [0.25, 0.3) is 0 Å². The summed E-state index contributed by atoms with van der Waals surface area (Å²) in [6.07, 6.45) is 4.38. The van der Waals surface area contributed by atoms with Crippen LogP contribution in [0.25, 0.3) is 16.5 Å². The summed E-state index contributed by atoms with van der Waals surface area (Å²) in [7, 11) is 0. The Labute approximate surface area is 194 Å². The van der Waals surface area contributed by atoms with Gasteiger partial charge in [0.2, 0.25) is 0 Å². The van der Waals surface area contributed by atoms with Gasteiger partial charge in [-0.3, -0.25) is 0 Å². The van der Waals surface area contributed by atoms with Crippen molar-refractivity contribution in [3.05, 3.63) is 132 Å². The van der Waals surface area contributed by atoms with Crippen LogP contribution in [0.3, 0.4) is 0 Å². The zero-order chi connectivity index (χ0) is 22.2. The Morgan fingerprint density at radius 2 is 1.42 bits per heavy atom. The minimum atomic E-state index is 0.974. The standard InChI is InChI=1S/C31H25NO/c1-22-9-7-12-26(21-22)32(24-10-3-2-4-11-24)25-19-17-23(18-20-25)27-14-8-15-29-28-13-5-6-16-30(28)33-31(27)29/h2-7,9-14,16-21H,8,15H2,1H3. The number of hydrogen-bond donors (Lipinski definition) is 0. The van der Waals surface area contributed by atoms with Gasteiger partial charge < -0.3 is 9.32 Å². The first-order valence-corrected chi connectivity index (χ1v) is 11.5. The second-order valence-corrected chi connectivity index (χ2v) is 8.62. The SMILES string of the molecule is Cc1cccc(N(c2ccccc2)c2ccc(C3=CCCc4c3oc3ccccc43)cc2)c1. The number of benzene rings is 4. The van der Waals surface area contributed by atoms with Gasteiger partial charge in [0.05, 0.1) is 0 Å². The summed E-state index contributed by atoms with van der Waals surface area (Å²) in [6.45, 7) is 2.14. The minimum Gasteiger partial charge on any atom is -0.456 e. The molecule has 1 aromatic heterocycles. The Morgan fingerprint density at radius 3 is 2.24 bits per heavy atom. The van der Waals surface area contributed by atoms with Crippen molar-refractivity contribution < 1.29 is 4.42 Å². The van der Waals surface area contributed by atoms with Crippen molar-refractivity contribution in [1.29, 1.82) is 0 Å². The Bertz CT molecular complexity index is 1460. The number of hydrogen-bond acceptors (Lipinski definition) is 2. The van der Waals surface area contributed by atoms with Crippen molar-refractivity contribution >= 4 is 33.6 Å². The van der Waals surface area contributed by atoms with Crippen molar-refractivity contribution in [2.75, 3.05) is 4.90 Å². The van der Waals surface area contributed by atoms with Crippen LogP contribution in [0.5, 0.6) is 0 Å². The fraction of sp³-hybridized carbons (Fsp3) is 0.0968. The van der Waals surface area contributed by atoms with Gasteiger partial charge in [-0.25, -0.2) is 0 Å². The third-order valence-electron chi connectivity index (χ3n) is 6.40. The molecule has 1 aliphatic rings. The third-order valence-corrected chi connectivity index (χ3v) is 6.40. The lowest BCUT2D eigenvalue weighted by atomic mass is 9.91. The minimum absolute atomic E-state index is 0.974. The number of furan rings is 1. The Balaban J connectivity index is 1.41. The number of allylic oxidation sites excluding steroid dienone is 1. The van der Waals surface area contributed by atoms with Gasteiger partial charge in [-0.2, -0.15) is 0 Å². The average molecular weight is 428 g/mol. The maximum atomic E-state index is 6.31. The highest BCUT2D eigenvalue weighted by Crippen LogP contribution is 2.40. The van der Waals surface area contributed by atoms with Crippen LogP contribution >= 0.6 is 0 Å². The summed E-state index contributed by atoms with van der Waals surface area (Å²) in [5.74, 6) is 1.02. The molecule has 0 unspecified atom stereocenters. The van der Waals surface area contributed by atoms with Crippen molar-refractivity contribution in [2.45, 2.75) is 19.8 Å². The van der Waals surface area contributed by atoms with Crippen LogP contribution in [-0.2, 0) is 6.42 Å². The van der Waals surface area contributed by atoms with Gasteiger partial charge in [-0.1, -0.05) is 66.7 Å². The molecule has 0 radical (unpaired) electrons. The van der Waals surface area contributed by atoms with Crippen molar-refractivity contribution in [2.24, 2.45) is 0 Å². The van der Waals surface area contributed by atoms with Gasteiger partial charge in [-0.15, -0.1) is 0 Å². The quantitative estimate of drug-likeness (QED) is 0.285. The molecule has 0 spiro atoms. The van der Waals surface area contributed by atoms with Crippen LogP contribution in [-0.4, -0.2) is 0 Å². The second-order valence-electron chi connectivity index (χ2n) is 8.62. The number of para-hydroxylation sites is 2. The van der Waals surface area contributed by atoms with Crippen LogP contribution in [0.1, 0.15) is 28.9 Å². The molecule has 0 N–H and O–H groups in total. The Morgan fingerprint density at radius 1 is 0.697 bits per heavy atom. The van der Waals surface area contributed by atoms with Crippen LogP contribution in [0.2, 0.25) is 0 Å². The zero-order valence-electron chi connectivity index (χ0n) is 18.7. The van der Waals surface area contributed by atoms with Crippen LogP contribution in [0.15, 0.2) is 114 Å². The van der Waals surface area contributed by atoms with Crippen molar-refractivity contribution in [3.8, 4) is 0 Å². The molecule has 33 heavy (non-hydrogen) atoms. The average Bonchev–Trinajstić information content (AvgIpc) is 3.24. The van der Waals surface area contributed by atoms with E-state index < -0.39 is 0 Å². The molecule has 4 aromatic carbocycles. The van der Waals surface area contributed by atoms with E-state index in [2.05, 4.69) is 115 Å². The monoisotopic (exact) mass is 427 g/mol. The van der Waals surface area contributed by atoms with Gasteiger partial charge >= 0.3 is 0 Å². The van der Waals surface area contributed by atoms with Gasteiger partial charge in [0.1, 0.15) is 11.3 Å². The first kappa shape index (κ1) is 19.6. The lowest BCUT2D eigenvalue weighted by molar-refractivity contribution is 0.591. The van der Waals surface area contributed by atoms with E-state index in [0.717, 1.165) is 41.2 Å². The summed E-state index contributed by atoms with van der Waals surface area (Å²) in [5.41, 5.74) is 9.38. The summed E-state index contributed by atoms with van der Waals surface area (Å²) in [5, 5.41) is 1.24. The first-order valence-electron chi connectivity index (χ1n) is 11.5. The predicted octanol–water partition coefficient (Wildman–Crippen LogP) is 8.59. The molecule has 1 heterocycles. The molecule has 0 aliphatic heterocycles. The number of aryl methyl sites for hydroxylation is 2. The second kappa shape index (κ2) is 8.14. The third kappa shape index (κ3) is 3.54. The molecular formula is C31H25NO. The maximum Gasteiger partial charge on any atom is 0.138 e. The number of rotatable bonds is 4. The van der Waals surface area contributed by atoms with Crippen molar-refractivity contribution in [3.63, 3.8) is 0 Å². The first-order chi connectivity index (χ1) is 16.3. The van der Waals surface area contributed by atoms with Crippen LogP contribution < -0.4 is 4.90 Å². The van der Waals surface area contributed by atoms with E-state index in [1.165, 1.54) is 27.6 Å².